The molecule has 1 aromatic heterocycles. The molecule has 0 aliphatic heterocycles. The predicted molar refractivity (Wildman–Crippen MR) is 104 cm³/mol. The van der Waals surface area contributed by atoms with E-state index in [1.54, 1.807) is 6.92 Å². The lowest BCUT2D eigenvalue weighted by Gasteiger charge is -2.25. The van der Waals surface area contributed by atoms with Gasteiger partial charge in [-0.1, -0.05) is 38.3 Å². The van der Waals surface area contributed by atoms with Crippen LogP contribution >= 0.6 is 0 Å². The molecule has 0 unspecified atom stereocenters. The van der Waals surface area contributed by atoms with E-state index < -0.39 is 0 Å². The normalized spacial score (nSPS) is 15.1. The van der Waals surface area contributed by atoms with Gasteiger partial charge in [-0.25, -0.2) is 0 Å². The smallest absolute Gasteiger partial charge is 0.281 e. The van der Waals surface area contributed by atoms with Crippen LogP contribution in [0.25, 0.3) is 0 Å². The summed E-state index contributed by atoms with van der Waals surface area (Å²) >= 11 is 0. The van der Waals surface area contributed by atoms with E-state index in [0.717, 1.165) is 38.5 Å². The van der Waals surface area contributed by atoms with Crippen molar-refractivity contribution in [3.05, 3.63) is 51.3 Å². The number of hydrogen-bond acceptors (Lipinski definition) is 5. The second kappa shape index (κ2) is 8.17. The van der Waals surface area contributed by atoms with Crippen LogP contribution in [-0.2, 0) is 6.42 Å². The number of aromatic nitrogens is 1. The summed E-state index contributed by atoms with van der Waals surface area (Å²) in [5.74, 6) is -0.252. The molecule has 1 heterocycles. The first-order chi connectivity index (χ1) is 13.1. The van der Waals surface area contributed by atoms with Gasteiger partial charge in [-0.05, 0) is 43.9 Å². The van der Waals surface area contributed by atoms with Crippen LogP contribution in [0.3, 0.4) is 0 Å². The van der Waals surface area contributed by atoms with E-state index in [2.05, 4.69) is 17.2 Å². The minimum Gasteiger partial charge on any atom is -0.493 e. The molecule has 0 amide bonds. The Kier molecular flexibility index (Phi) is 5.70. The zero-order chi connectivity index (χ0) is 19.4. The Hall–Kier alpha value is -2.94. The molecule has 0 radical (unpaired) electrons. The first-order valence-corrected chi connectivity index (χ1v) is 9.45. The van der Waals surface area contributed by atoms with Gasteiger partial charge < -0.3 is 5.11 Å². The number of rotatable bonds is 4. The lowest BCUT2D eigenvalue weighted by Crippen LogP contribution is -2.27. The molecule has 140 valence electrons. The SMILES string of the molecule is CCc1ccc(N=Nc2c(C)c(C#N)c(O)n(C3CCCCC3)c2=O)cc1. The van der Waals surface area contributed by atoms with E-state index in [-0.39, 0.29) is 28.7 Å². The van der Waals surface area contributed by atoms with Gasteiger partial charge >= 0.3 is 0 Å². The zero-order valence-corrected chi connectivity index (χ0v) is 15.8. The van der Waals surface area contributed by atoms with Crippen molar-refractivity contribution in [2.75, 3.05) is 0 Å². The number of pyridine rings is 1. The molecular weight excluding hydrogens is 340 g/mol. The number of aromatic hydroxyl groups is 1. The van der Waals surface area contributed by atoms with Gasteiger partial charge in [0.15, 0.2) is 5.69 Å². The van der Waals surface area contributed by atoms with Gasteiger partial charge in [0.2, 0.25) is 5.88 Å². The maximum atomic E-state index is 13.0. The van der Waals surface area contributed by atoms with Gasteiger partial charge in [0.05, 0.1) is 5.69 Å². The molecule has 0 atom stereocenters. The summed E-state index contributed by atoms with van der Waals surface area (Å²) in [7, 11) is 0. The molecule has 0 spiro atoms. The maximum Gasteiger partial charge on any atom is 0.281 e. The Morgan fingerprint density at radius 2 is 1.85 bits per heavy atom. The Morgan fingerprint density at radius 1 is 1.19 bits per heavy atom. The van der Waals surface area contributed by atoms with Gasteiger partial charge in [-0.15, -0.1) is 5.11 Å². The zero-order valence-electron chi connectivity index (χ0n) is 15.8. The summed E-state index contributed by atoms with van der Waals surface area (Å²) in [4.78, 5) is 13.0. The van der Waals surface area contributed by atoms with Crippen LogP contribution in [0.1, 0.15) is 61.8 Å². The van der Waals surface area contributed by atoms with E-state index >= 15 is 0 Å². The van der Waals surface area contributed by atoms with Crippen molar-refractivity contribution in [2.45, 2.75) is 58.4 Å². The van der Waals surface area contributed by atoms with Gasteiger partial charge in [-0.2, -0.15) is 10.4 Å². The highest BCUT2D eigenvalue weighted by Gasteiger charge is 2.25. The molecule has 2 aromatic rings. The fourth-order valence-corrected chi connectivity index (χ4v) is 3.61. The van der Waals surface area contributed by atoms with Crippen LogP contribution in [0.15, 0.2) is 39.3 Å². The van der Waals surface area contributed by atoms with Crippen molar-refractivity contribution in [1.82, 2.24) is 4.57 Å². The molecular formula is C21H24N4O2. The minimum absolute atomic E-state index is 0.0930. The van der Waals surface area contributed by atoms with E-state index in [0.29, 0.717) is 11.3 Å². The number of azo groups is 1. The highest BCUT2D eigenvalue weighted by Crippen LogP contribution is 2.34. The summed E-state index contributed by atoms with van der Waals surface area (Å²) in [6.45, 7) is 3.70. The molecule has 1 N–H and O–H groups in total. The third kappa shape index (κ3) is 3.77. The summed E-state index contributed by atoms with van der Waals surface area (Å²) in [6.07, 6.45) is 5.71. The van der Waals surface area contributed by atoms with Crippen molar-refractivity contribution in [3.8, 4) is 11.9 Å². The first-order valence-electron chi connectivity index (χ1n) is 9.45. The second-order valence-electron chi connectivity index (χ2n) is 6.97. The van der Waals surface area contributed by atoms with Crippen LogP contribution in [0.2, 0.25) is 0 Å². The molecule has 0 saturated heterocycles. The molecule has 1 fully saturated rings. The molecule has 0 bridgehead atoms. The molecule has 1 aliphatic carbocycles. The third-order valence-electron chi connectivity index (χ3n) is 5.27. The molecule has 1 aliphatic rings. The highest BCUT2D eigenvalue weighted by atomic mass is 16.3. The lowest BCUT2D eigenvalue weighted by atomic mass is 9.94. The Labute approximate surface area is 158 Å². The molecule has 3 rings (SSSR count). The van der Waals surface area contributed by atoms with Crippen molar-refractivity contribution in [1.29, 1.82) is 5.26 Å². The summed E-state index contributed by atoms with van der Waals surface area (Å²) in [5.41, 5.74) is 2.03. The summed E-state index contributed by atoms with van der Waals surface area (Å²) in [6, 6.07) is 9.56. The van der Waals surface area contributed by atoms with Crippen LogP contribution in [0, 0.1) is 18.3 Å². The van der Waals surface area contributed by atoms with Crippen LogP contribution in [-0.4, -0.2) is 9.67 Å². The van der Waals surface area contributed by atoms with Crippen molar-refractivity contribution >= 4 is 11.4 Å². The molecule has 6 heteroatoms. The van der Waals surface area contributed by atoms with Crippen LogP contribution in [0.5, 0.6) is 5.88 Å². The summed E-state index contributed by atoms with van der Waals surface area (Å²) < 4.78 is 1.35. The van der Waals surface area contributed by atoms with E-state index in [1.165, 1.54) is 10.1 Å². The maximum absolute atomic E-state index is 13.0. The number of nitrogens with zero attached hydrogens (tertiary/aromatic N) is 4. The Bertz CT molecular complexity index is 946. The van der Waals surface area contributed by atoms with Crippen molar-refractivity contribution in [3.63, 3.8) is 0 Å². The largest absolute Gasteiger partial charge is 0.493 e. The summed E-state index contributed by atoms with van der Waals surface area (Å²) in [5, 5.41) is 28.4. The standard InChI is InChI=1S/C21H24N4O2/c1-3-15-9-11-16(12-10-15)23-24-19-14(2)18(13-22)20(26)25(21(19)27)17-7-5-4-6-8-17/h9-12,17,26H,3-8H2,1-2H3. The van der Waals surface area contributed by atoms with Gasteiger partial charge in [-0.3, -0.25) is 9.36 Å². The van der Waals surface area contributed by atoms with Crippen LogP contribution < -0.4 is 5.56 Å². The number of hydrogen-bond donors (Lipinski definition) is 1. The molecule has 1 saturated carbocycles. The molecule has 27 heavy (non-hydrogen) atoms. The third-order valence-corrected chi connectivity index (χ3v) is 5.27. The topological polar surface area (TPSA) is 90.7 Å². The number of benzene rings is 1. The monoisotopic (exact) mass is 364 g/mol. The van der Waals surface area contributed by atoms with E-state index in [9.17, 15) is 15.2 Å². The fraction of sp³-hybridized carbons (Fsp3) is 0.429. The van der Waals surface area contributed by atoms with Gasteiger partial charge in [0, 0.05) is 11.6 Å². The fourth-order valence-electron chi connectivity index (χ4n) is 3.61. The van der Waals surface area contributed by atoms with Crippen molar-refractivity contribution < 1.29 is 5.11 Å². The van der Waals surface area contributed by atoms with Gasteiger partial charge in [0.1, 0.15) is 11.6 Å². The predicted octanol–water partition coefficient (Wildman–Crippen LogP) is 5.22. The first kappa shape index (κ1) is 18.8. The minimum atomic E-state index is -0.384. The number of aryl methyl sites for hydroxylation is 1. The quantitative estimate of drug-likeness (QED) is 0.754. The van der Waals surface area contributed by atoms with Gasteiger partial charge in [0.25, 0.3) is 5.56 Å². The van der Waals surface area contributed by atoms with Crippen LogP contribution in [0.4, 0.5) is 11.4 Å². The van der Waals surface area contributed by atoms with E-state index in [4.69, 9.17) is 0 Å². The second-order valence-corrected chi connectivity index (χ2v) is 6.97. The highest BCUT2D eigenvalue weighted by molar-refractivity contribution is 5.57. The Balaban J connectivity index is 2.07. The lowest BCUT2D eigenvalue weighted by molar-refractivity contribution is 0.303. The Morgan fingerprint density at radius 3 is 2.44 bits per heavy atom. The van der Waals surface area contributed by atoms with Crippen molar-refractivity contribution in [2.24, 2.45) is 10.2 Å². The number of nitriles is 1. The molecule has 1 aromatic carbocycles. The average molecular weight is 364 g/mol. The average Bonchev–Trinajstić information content (AvgIpc) is 2.69. The molecule has 6 nitrogen and oxygen atoms in total. The van der Waals surface area contributed by atoms with E-state index in [1.807, 2.05) is 30.3 Å².